The van der Waals surface area contributed by atoms with E-state index in [0.29, 0.717) is 66.1 Å². The van der Waals surface area contributed by atoms with Crippen LogP contribution in [-0.4, -0.2) is 109 Å². The first-order chi connectivity index (χ1) is 26.1. The van der Waals surface area contributed by atoms with Crippen molar-refractivity contribution in [2.45, 2.75) is 36.5 Å². The second kappa shape index (κ2) is 23.6. The Kier molecular flexibility index (Phi) is 19.0. The molecule has 0 saturated carbocycles. The van der Waals surface area contributed by atoms with E-state index in [4.69, 9.17) is 36.8 Å². The molecule has 0 N–H and O–H groups in total. The monoisotopic (exact) mass is 788 g/mol. The van der Waals surface area contributed by atoms with Crippen molar-refractivity contribution in [2.24, 2.45) is 0 Å². The van der Waals surface area contributed by atoms with Crippen LogP contribution >= 0.6 is 0 Å². The molecule has 0 unspecified atom stereocenters. The van der Waals surface area contributed by atoms with E-state index >= 15 is 0 Å². The lowest BCUT2D eigenvalue weighted by Gasteiger charge is -2.09. The molecule has 0 saturated heterocycles. The summed E-state index contributed by atoms with van der Waals surface area (Å²) in [7, 11) is -7.57. The van der Waals surface area contributed by atoms with Gasteiger partial charge in [0.05, 0.1) is 102 Å². The van der Waals surface area contributed by atoms with Gasteiger partial charge >= 0.3 is 0 Å². The maximum absolute atomic E-state index is 12.2. The van der Waals surface area contributed by atoms with Crippen molar-refractivity contribution in [3.63, 3.8) is 0 Å². The summed E-state index contributed by atoms with van der Waals surface area (Å²) < 4.78 is 92.0. The Bertz CT molecular complexity index is 1740. The highest BCUT2D eigenvalue weighted by atomic mass is 32.2. The van der Waals surface area contributed by atoms with Gasteiger partial charge in [-0.25, -0.2) is 0 Å². The van der Waals surface area contributed by atoms with Gasteiger partial charge in [-0.1, -0.05) is 71.8 Å². The number of benzene rings is 4. The third-order valence-corrected chi connectivity index (χ3v) is 10.7. The predicted octanol–water partition coefficient (Wildman–Crippen LogP) is 5.45. The molecule has 4 aromatic carbocycles. The van der Waals surface area contributed by atoms with Crippen molar-refractivity contribution in [2.75, 3.05) is 92.5 Å². The fraction of sp³-hybridized carbons (Fsp3) is 0.450. The Morgan fingerprint density at radius 1 is 0.370 bits per heavy atom. The van der Waals surface area contributed by atoms with Crippen LogP contribution in [0.3, 0.4) is 0 Å². The molecule has 4 aromatic rings. The number of fused-ring (bicyclic) bond motifs is 1. The molecule has 0 aliphatic carbocycles. The average Bonchev–Trinajstić information content (AvgIpc) is 3.16. The largest absolute Gasteiger partial charge is 0.379 e. The molecule has 12 nitrogen and oxygen atoms in total. The Labute approximate surface area is 319 Å². The van der Waals surface area contributed by atoms with Gasteiger partial charge in [-0.05, 0) is 72.9 Å². The molecule has 0 radical (unpaired) electrons. The van der Waals surface area contributed by atoms with Gasteiger partial charge in [0.2, 0.25) is 0 Å². The fourth-order valence-corrected chi connectivity index (χ4v) is 6.86. The number of rotatable bonds is 28. The maximum atomic E-state index is 12.2. The first-order valence-electron chi connectivity index (χ1n) is 18.0. The van der Waals surface area contributed by atoms with Gasteiger partial charge in [-0.3, -0.25) is 8.37 Å². The van der Waals surface area contributed by atoms with Crippen LogP contribution in [-0.2, 0) is 69.9 Å². The van der Waals surface area contributed by atoms with Crippen molar-refractivity contribution in [3.8, 4) is 0 Å². The van der Waals surface area contributed by atoms with Gasteiger partial charge in [-0.2, -0.15) is 16.8 Å². The van der Waals surface area contributed by atoms with Gasteiger partial charge in [-0.15, -0.1) is 0 Å². The van der Waals surface area contributed by atoms with Crippen molar-refractivity contribution in [3.05, 3.63) is 107 Å². The summed E-state index contributed by atoms with van der Waals surface area (Å²) in [5.74, 6) is 0. The lowest BCUT2D eigenvalue weighted by atomic mass is 10.0. The Morgan fingerprint density at radius 3 is 1.00 bits per heavy atom. The minimum atomic E-state index is -3.79. The molecule has 0 heterocycles. The lowest BCUT2D eigenvalue weighted by molar-refractivity contribution is 0.0102. The molecule has 296 valence electrons. The molecular weight excluding hydrogens is 737 g/mol. The van der Waals surface area contributed by atoms with E-state index in [0.717, 1.165) is 24.0 Å². The second-order valence-electron chi connectivity index (χ2n) is 12.4. The smallest absolute Gasteiger partial charge is 0.297 e. The summed E-state index contributed by atoms with van der Waals surface area (Å²) in [4.78, 5) is 0.257. The highest BCUT2D eigenvalue weighted by Gasteiger charge is 2.15. The molecule has 54 heavy (non-hydrogen) atoms. The third kappa shape index (κ3) is 16.2. The van der Waals surface area contributed by atoms with Gasteiger partial charge in [0.1, 0.15) is 0 Å². The molecule has 0 amide bonds. The molecule has 4 rings (SSSR count). The number of hydrogen-bond acceptors (Lipinski definition) is 12. The Morgan fingerprint density at radius 2 is 0.667 bits per heavy atom. The Hall–Kier alpha value is -3.28. The van der Waals surface area contributed by atoms with Crippen molar-refractivity contribution >= 4 is 31.0 Å². The summed E-state index contributed by atoms with van der Waals surface area (Å²) in [5, 5.41) is 2.35. The van der Waals surface area contributed by atoms with Crippen LogP contribution in [0.25, 0.3) is 10.8 Å². The molecule has 0 aliphatic heterocycles. The topological polar surface area (TPSA) is 142 Å². The first kappa shape index (κ1) is 43.4. The molecule has 0 atom stereocenters. The Balaban J connectivity index is 0.948. The number of ether oxygens (including phenoxy) is 6. The zero-order valence-electron chi connectivity index (χ0n) is 31.1. The summed E-state index contributed by atoms with van der Waals surface area (Å²) in [5.41, 5.74) is 4.35. The van der Waals surface area contributed by atoms with E-state index in [-0.39, 0.29) is 36.2 Å². The minimum Gasteiger partial charge on any atom is -0.379 e. The molecule has 14 heteroatoms. The van der Waals surface area contributed by atoms with E-state index in [1.165, 1.54) is 46.2 Å². The summed E-state index contributed by atoms with van der Waals surface area (Å²) in [6.07, 6.45) is 1.59. The molecular formula is C40H52O12S2. The van der Waals surface area contributed by atoms with Crippen LogP contribution in [0.15, 0.2) is 94.7 Å². The SMILES string of the molecule is Cc1ccc(S(=O)(=O)OCCOCCOCCOCCc2ccc3cc(CCOCCOCCOCCOS(=O)(=O)c4ccc(C)cc4)ccc3c2)cc1. The van der Waals surface area contributed by atoms with E-state index < -0.39 is 20.2 Å². The average molecular weight is 789 g/mol. The number of hydrogen-bond donors (Lipinski definition) is 0. The van der Waals surface area contributed by atoms with Crippen LogP contribution in [0.5, 0.6) is 0 Å². The first-order valence-corrected chi connectivity index (χ1v) is 20.8. The molecule has 0 aliphatic rings. The van der Waals surface area contributed by atoms with E-state index in [2.05, 4.69) is 36.4 Å². The van der Waals surface area contributed by atoms with Crippen LogP contribution in [0, 0.1) is 13.8 Å². The van der Waals surface area contributed by atoms with Crippen molar-refractivity contribution < 1.29 is 53.6 Å². The van der Waals surface area contributed by atoms with Crippen molar-refractivity contribution in [1.29, 1.82) is 0 Å². The fourth-order valence-electron chi connectivity index (χ4n) is 5.07. The van der Waals surface area contributed by atoms with Gasteiger partial charge in [0.25, 0.3) is 20.2 Å². The molecule has 0 fully saturated rings. The van der Waals surface area contributed by atoms with Crippen LogP contribution in [0.2, 0.25) is 0 Å². The standard InChI is InChI=1S/C40H52O12S2/c1-33-3-11-39(12-4-33)53(41,42)51-29-27-49-25-23-47-21-19-45-17-15-35-7-9-38-32-36(8-10-37(38)31-35)16-18-46-20-22-48-24-26-50-28-30-52-54(43,44)40-13-5-34(2)6-14-40/h3-14,31-32H,15-30H2,1-2H3. The zero-order chi connectivity index (χ0) is 38.5. The summed E-state index contributed by atoms with van der Waals surface area (Å²) in [6.45, 7) is 8.37. The lowest BCUT2D eigenvalue weighted by Crippen LogP contribution is -2.14. The van der Waals surface area contributed by atoms with Crippen LogP contribution in [0.1, 0.15) is 22.3 Å². The highest BCUT2D eigenvalue weighted by Crippen LogP contribution is 2.19. The number of aryl methyl sites for hydroxylation is 2. The molecule has 0 bridgehead atoms. The zero-order valence-corrected chi connectivity index (χ0v) is 32.7. The predicted molar refractivity (Wildman–Crippen MR) is 205 cm³/mol. The second-order valence-corrected chi connectivity index (χ2v) is 15.6. The van der Waals surface area contributed by atoms with Crippen LogP contribution in [0.4, 0.5) is 0 Å². The van der Waals surface area contributed by atoms with E-state index in [1.54, 1.807) is 24.3 Å². The normalized spacial score (nSPS) is 12.1. The quantitative estimate of drug-likeness (QED) is 0.0534. The minimum absolute atomic E-state index is 0.0600. The van der Waals surface area contributed by atoms with E-state index in [1.807, 2.05) is 13.8 Å². The van der Waals surface area contributed by atoms with E-state index in [9.17, 15) is 16.8 Å². The van der Waals surface area contributed by atoms with Gasteiger partial charge in [0.15, 0.2) is 0 Å². The molecule has 0 spiro atoms. The third-order valence-electron chi connectivity index (χ3n) is 8.08. The maximum Gasteiger partial charge on any atom is 0.297 e. The van der Waals surface area contributed by atoms with Gasteiger partial charge < -0.3 is 28.4 Å². The molecule has 0 aromatic heterocycles. The van der Waals surface area contributed by atoms with Crippen molar-refractivity contribution in [1.82, 2.24) is 0 Å². The highest BCUT2D eigenvalue weighted by molar-refractivity contribution is 7.87. The summed E-state index contributed by atoms with van der Waals surface area (Å²) >= 11 is 0. The van der Waals surface area contributed by atoms with Crippen LogP contribution < -0.4 is 0 Å². The summed E-state index contributed by atoms with van der Waals surface area (Å²) in [6, 6.07) is 25.9. The van der Waals surface area contributed by atoms with Gasteiger partial charge in [0, 0.05) is 0 Å².